The van der Waals surface area contributed by atoms with Crippen LogP contribution in [0.4, 0.5) is 0 Å². The minimum Gasteiger partial charge on any atom is -0.462 e. The number of carbonyl (C=O) groups is 2. The van der Waals surface area contributed by atoms with Crippen molar-refractivity contribution in [2.75, 3.05) is 13.7 Å². The van der Waals surface area contributed by atoms with Gasteiger partial charge in [-0.2, -0.15) is 0 Å². The second kappa shape index (κ2) is 7.39. The molecule has 0 bridgehead atoms. The summed E-state index contributed by atoms with van der Waals surface area (Å²) in [5.41, 5.74) is 3.02. The molecule has 0 radical (unpaired) electrons. The molecule has 6 nitrogen and oxygen atoms in total. The van der Waals surface area contributed by atoms with Gasteiger partial charge < -0.3 is 14.6 Å². The second-order valence-electron chi connectivity index (χ2n) is 6.11. The lowest BCUT2D eigenvalue weighted by Crippen LogP contribution is -2.31. The molecule has 1 N–H and O–H groups in total. The number of aromatic amines is 1. The van der Waals surface area contributed by atoms with Crippen LogP contribution in [-0.2, 0) is 4.74 Å². The van der Waals surface area contributed by atoms with Gasteiger partial charge in [0.05, 0.1) is 28.9 Å². The Hall–Kier alpha value is -2.15. The molecule has 2 aromatic heterocycles. The van der Waals surface area contributed by atoms with Gasteiger partial charge in [0, 0.05) is 17.6 Å². The summed E-state index contributed by atoms with van der Waals surface area (Å²) >= 11 is 1.62. The third-order valence-corrected chi connectivity index (χ3v) is 5.27. The number of carbonyl (C=O) groups excluding carboxylic acids is 2. The maximum atomic E-state index is 13.0. The van der Waals surface area contributed by atoms with Gasteiger partial charge in [-0.25, -0.2) is 9.78 Å². The minimum absolute atomic E-state index is 0.161. The largest absolute Gasteiger partial charge is 0.462 e. The first-order valence-electron chi connectivity index (χ1n) is 8.26. The minimum atomic E-state index is -0.408. The number of amides is 1. The molecule has 0 fully saturated rings. The number of rotatable bonds is 5. The van der Waals surface area contributed by atoms with Crippen molar-refractivity contribution in [1.82, 2.24) is 14.9 Å². The number of ether oxygens (including phenoxy) is 1. The van der Waals surface area contributed by atoms with E-state index in [0.717, 1.165) is 15.6 Å². The summed E-state index contributed by atoms with van der Waals surface area (Å²) in [6.07, 6.45) is 0. The quantitative estimate of drug-likeness (QED) is 0.822. The maximum absolute atomic E-state index is 13.0. The van der Waals surface area contributed by atoms with Crippen molar-refractivity contribution in [2.45, 2.75) is 47.6 Å². The van der Waals surface area contributed by atoms with Gasteiger partial charge in [-0.3, -0.25) is 4.79 Å². The van der Waals surface area contributed by atoms with Crippen molar-refractivity contribution in [1.29, 1.82) is 0 Å². The Morgan fingerprint density at radius 1 is 1.28 bits per heavy atom. The Morgan fingerprint density at radius 3 is 2.44 bits per heavy atom. The molecule has 0 saturated heterocycles. The molecule has 1 unspecified atom stereocenters. The van der Waals surface area contributed by atoms with Crippen LogP contribution < -0.4 is 0 Å². The van der Waals surface area contributed by atoms with E-state index >= 15 is 0 Å². The molecule has 0 aromatic carbocycles. The lowest BCUT2D eigenvalue weighted by molar-refractivity contribution is 0.0525. The first-order valence-corrected chi connectivity index (χ1v) is 9.08. The van der Waals surface area contributed by atoms with Crippen molar-refractivity contribution in [3.8, 4) is 0 Å². The fourth-order valence-corrected chi connectivity index (χ4v) is 3.85. The zero-order valence-corrected chi connectivity index (χ0v) is 16.6. The van der Waals surface area contributed by atoms with Gasteiger partial charge in [-0.05, 0) is 47.1 Å². The molecule has 0 aliphatic carbocycles. The molecular formula is C18H25N3O3S. The van der Waals surface area contributed by atoms with Crippen LogP contribution in [0.25, 0.3) is 0 Å². The normalized spacial score (nSPS) is 12.1. The number of hydrogen-bond donors (Lipinski definition) is 1. The predicted octanol–water partition coefficient (Wildman–Crippen LogP) is 3.71. The van der Waals surface area contributed by atoms with Gasteiger partial charge in [0.1, 0.15) is 5.69 Å². The first kappa shape index (κ1) is 19.2. The summed E-state index contributed by atoms with van der Waals surface area (Å²) in [6.45, 7) is 11.5. The molecule has 0 aliphatic rings. The molecule has 2 rings (SSSR count). The van der Waals surface area contributed by atoms with Crippen LogP contribution in [0.15, 0.2) is 0 Å². The van der Waals surface area contributed by atoms with Crippen LogP contribution in [-0.4, -0.2) is 40.4 Å². The molecule has 1 atom stereocenters. The molecule has 2 heterocycles. The van der Waals surface area contributed by atoms with E-state index in [2.05, 4.69) is 9.97 Å². The number of H-pyrrole nitrogens is 1. The molecule has 0 spiro atoms. The fraction of sp³-hybridized carbons (Fsp3) is 0.500. The topological polar surface area (TPSA) is 75.3 Å². The number of aryl methyl sites for hydroxylation is 3. The highest BCUT2D eigenvalue weighted by Gasteiger charge is 2.28. The van der Waals surface area contributed by atoms with Crippen LogP contribution in [0.3, 0.4) is 0 Å². The Labute approximate surface area is 152 Å². The predicted molar refractivity (Wildman–Crippen MR) is 98.3 cm³/mol. The number of thiazole rings is 1. The van der Waals surface area contributed by atoms with Crippen molar-refractivity contribution < 1.29 is 14.3 Å². The van der Waals surface area contributed by atoms with Gasteiger partial charge in [0.25, 0.3) is 5.91 Å². The molecule has 0 aliphatic heterocycles. The average molecular weight is 363 g/mol. The van der Waals surface area contributed by atoms with E-state index in [1.54, 1.807) is 44.1 Å². The number of nitrogens with one attached hydrogen (secondary N) is 1. The zero-order chi connectivity index (χ0) is 18.9. The lowest BCUT2D eigenvalue weighted by Gasteiger charge is -2.24. The standard InChI is InChI=1S/C18H25N3O3S/c1-8-24-18(23)14-9(2)15(19-10(14)3)17(22)21(7)11(4)16-12(5)25-13(6)20-16/h11,19H,8H2,1-7H3. The van der Waals surface area contributed by atoms with Crippen LogP contribution in [0.5, 0.6) is 0 Å². The van der Waals surface area contributed by atoms with E-state index in [1.165, 1.54) is 0 Å². The molecule has 25 heavy (non-hydrogen) atoms. The third-order valence-electron chi connectivity index (χ3n) is 4.37. The van der Waals surface area contributed by atoms with Crippen molar-refractivity contribution >= 4 is 23.2 Å². The molecule has 0 saturated carbocycles. The zero-order valence-electron chi connectivity index (χ0n) is 15.8. The van der Waals surface area contributed by atoms with E-state index in [9.17, 15) is 9.59 Å². The summed E-state index contributed by atoms with van der Waals surface area (Å²) < 4.78 is 5.09. The second-order valence-corrected chi connectivity index (χ2v) is 7.52. The van der Waals surface area contributed by atoms with Gasteiger partial charge >= 0.3 is 5.97 Å². The summed E-state index contributed by atoms with van der Waals surface area (Å²) in [4.78, 5) is 35.4. The van der Waals surface area contributed by atoms with E-state index in [4.69, 9.17) is 4.74 Å². The van der Waals surface area contributed by atoms with Gasteiger partial charge in [0.15, 0.2) is 0 Å². The van der Waals surface area contributed by atoms with Gasteiger partial charge in [-0.15, -0.1) is 11.3 Å². The van der Waals surface area contributed by atoms with Crippen LogP contribution in [0.2, 0.25) is 0 Å². The Bertz CT molecular complexity index is 807. The number of nitrogens with zero attached hydrogens (tertiary/aromatic N) is 2. The molecule has 1 amide bonds. The number of hydrogen-bond acceptors (Lipinski definition) is 5. The lowest BCUT2D eigenvalue weighted by atomic mass is 10.1. The van der Waals surface area contributed by atoms with Gasteiger partial charge in [0.2, 0.25) is 0 Å². The molecule has 7 heteroatoms. The number of aromatic nitrogens is 2. The highest BCUT2D eigenvalue weighted by molar-refractivity contribution is 7.11. The summed E-state index contributed by atoms with van der Waals surface area (Å²) in [5, 5.41) is 0.983. The molecule has 2 aromatic rings. The highest BCUT2D eigenvalue weighted by atomic mass is 32.1. The van der Waals surface area contributed by atoms with E-state index < -0.39 is 5.97 Å². The van der Waals surface area contributed by atoms with E-state index in [0.29, 0.717) is 29.1 Å². The SMILES string of the molecule is CCOC(=O)c1c(C)[nH]c(C(=O)N(C)C(C)c2nc(C)sc2C)c1C. The van der Waals surface area contributed by atoms with E-state index in [-0.39, 0.29) is 11.9 Å². The summed E-state index contributed by atoms with van der Waals surface area (Å²) in [7, 11) is 1.75. The summed E-state index contributed by atoms with van der Waals surface area (Å²) in [5.74, 6) is -0.580. The third kappa shape index (κ3) is 3.61. The van der Waals surface area contributed by atoms with Crippen LogP contribution >= 0.6 is 11.3 Å². The molecular weight excluding hydrogens is 338 g/mol. The Kier molecular flexibility index (Phi) is 5.67. The monoisotopic (exact) mass is 363 g/mol. The highest BCUT2D eigenvalue weighted by Crippen LogP contribution is 2.28. The first-order chi connectivity index (χ1) is 11.7. The Morgan fingerprint density at radius 2 is 1.92 bits per heavy atom. The van der Waals surface area contributed by atoms with Crippen LogP contribution in [0.1, 0.15) is 67.6 Å². The van der Waals surface area contributed by atoms with Crippen molar-refractivity contribution in [3.05, 3.63) is 38.1 Å². The summed E-state index contributed by atoms with van der Waals surface area (Å²) in [6, 6.07) is -0.161. The fourth-order valence-electron chi connectivity index (χ4n) is 2.94. The number of esters is 1. The Balaban J connectivity index is 2.32. The van der Waals surface area contributed by atoms with E-state index in [1.807, 2.05) is 20.8 Å². The molecule has 136 valence electrons. The van der Waals surface area contributed by atoms with Crippen LogP contribution in [0, 0.1) is 27.7 Å². The van der Waals surface area contributed by atoms with Crippen molar-refractivity contribution in [3.63, 3.8) is 0 Å². The average Bonchev–Trinajstić information content (AvgIpc) is 3.03. The van der Waals surface area contributed by atoms with Gasteiger partial charge in [-0.1, -0.05) is 0 Å². The smallest absolute Gasteiger partial charge is 0.340 e. The maximum Gasteiger partial charge on any atom is 0.340 e. The van der Waals surface area contributed by atoms with Crippen molar-refractivity contribution in [2.24, 2.45) is 0 Å².